The zero-order valence-electron chi connectivity index (χ0n) is 18.1. The number of aryl methyl sites for hydroxylation is 1. The molecule has 1 unspecified atom stereocenters. The van der Waals surface area contributed by atoms with Gasteiger partial charge in [0.25, 0.3) is 5.91 Å². The number of benzene rings is 2. The van der Waals surface area contributed by atoms with Crippen LogP contribution in [-0.4, -0.2) is 24.7 Å². The molecule has 0 radical (unpaired) electrons. The molecule has 7 nitrogen and oxygen atoms in total. The second kappa shape index (κ2) is 11.2. The van der Waals surface area contributed by atoms with Crippen molar-refractivity contribution < 1.29 is 19.1 Å². The summed E-state index contributed by atoms with van der Waals surface area (Å²) in [6.45, 7) is 5.24. The summed E-state index contributed by atoms with van der Waals surface area (Å²) in [5.41, 5.74) is 3.27. The molecular formula is C24H29N3O4. The Hall–Kier alpha value is -3.22. The number of nitrogens with zero attached hydrogens (tertiary/aromatic N) is 2. The number of fused-ring (bicyclic) bond motifs is 1. The van der Waals surface area contributed by atoms with E-state index >= 15 is 0 Å². The Morgan fingerprint density at radius 3 is 2.65 bits per heavy atom. The third kappa shape index (κ3) is 6.64. The SMILES string of the molecule is CCCN=NCc1ccc(C(=O)Nc2ccc3c(c2)CCC(OC(=O)CCC)O3)cc1. The Labute approximate surface area is 182 Å². The fourth-order valence-electron chi connectivity index (χ4n) is 3.20. The summed E-state index contributed by atoms with van der Waals surface area (Å²) in [7, 11) is 0. The second-order valence-corrected chi connectivity index (χ2v) is 7.46. The minimum absolute atomic E-state index is 0.179. The van der Waals surface area contributed by atoms with Crippen LogP contribution in [0.4, 0.5) is 5.69 Å². The minimum atomic E-state index is -0.549. The molecule has 0 aliphatic carbocycles. The van der Waals surface area contributed by atoms with Crippen LogP contribution >= 0.6 is 0 Å². The molecule has 0 fully saturated rings. The van der Waals surface area contributed by atoms with Crippen LogP contribution in [0.25, 0.3) is 0 Å². The van der Waals surface area contributed by atoms with Gasteiger partial charge in [-0.2, -0.15) is 10.2 Å². The number of amides is 1. The van der Waals surface area contributed by atoms with Gasteiger partial charge in [-0.05, 0) is 60.7 Å². The summed E-state index contributed by atoms with van der Waals surface area (Å²) in [4.78, 5) is 24.3. The molecule has 1 N–H and O–H groups in total. The molecule has 164 valence electrons. The van der Waals surface area contributed by atoms with Crippen molar-refractivity contribution in [1.82, 2.24) is 0 Å². The standard InChI is InChI=1S/C24H29N3O4/c1-3-5-22(28)31-23-13-10-19-15-20(11-12-21(19)30-23)27-24(29)18-8-6-17(7-9-18)16-26-25-14-4-2/h6-9,11-12,15,23H,3-5,10,13-14,16H2,1-2H3,(H,27,29). The van der Waals surface area contributed by atoms with E-state index in [9.17, 15) is 9.59 Å². The van der Waals surface area contributed by atoms with Crippen molar-refractivity contribution in [2.75, 3.05) is 11.9 Å². The van der Waals surface area contributed by atoms with Crippen molar-refractivity contribution in [3.63, 3.8) is 0 Å². The molecular weight excluding hydrogens is 394 g/mol. The van der Waals surface area contributed by atoms with Crippen LogP contribution in [0.3, 0.4) is 0 Å². The number of nitrogens with one attached hydrogen (secondary N) is 1. The monoisotopic (exact) mass is 423 g/mol. The van der Waals surface area contributed by atoms with E-state index in [1.165, 1.54) is 0 Å². The Kier molecular flexibility index (Phi) is 8.15. The van der Waals surface area contributed by atoms with Gasteiger partial charge in [-0.15, -0.1) is 0 Å². The predicted molar refractivity (Wildman–Crippen MR) is 118 cm³/mol. The van der Waals surface area contributed by atoms with Gasteiger partial charge in [-0.3, -0.25) is 9.59 Å². The van der Waals surface area contributed by atoms with E-state index in [2.05, 4.69) is 22.5 Å². The number of ether oxygens (including phenoxy) is 2. The Morgan fingerprint density at radius 2 is 1.90 bits per heavy atom. The van der Waals surface area contributed by atoms with Crippen molar-refractivity contribution >= 4 is 17.6 Å². The zero-order valence-corrected chi connectivity index (χ0v) is 18.1. The molecule has 0 saturated heterocycles. The minimum Gasteiger partial charge on any atom is -0.454 e. The number of anilines is 1. The Bertz CT molecular complexity index is 925. The lowest BCUT2D eigenvalue weighted by atomic mass is 10.0. The number of rotatable bonds is 9. The molecule has 31 heavy (non-hydrogen) atoms. The van der Waals surface area contributed by atoms with Gasteiger partial charge in [0.1, 0.15) is 5.75 Å². The first kappa shape index (κ1) is 22.5. The molecule has 1 amide bonds. The van der Waals surface area contributed by atoms with Crippen molar-refractivity contribution in [2.45, 2.75) is 58.8 Å². The molecule has 2 aromatic rings. The first-order valence-electron chi connectivity index (χ1n) is 10.8. The molecule has 1 aliphatic rings. The lowest BCUT2D eigenvalue weighted by Crippen LogP contribution is -2.28. The number of carbonyl (C=O) groups is 2. The highest BCUT2D eigenvalue weighted by molar-refractivity contribution is 6.04. The normalized spacial score (nSPS) is 15.2. The molecule has 0 spiro atoms. The lowest BCUT2D eigenvalue weighted by Gasteiger charge is -2.26. The lowest BCUT2D eigenvalue weighted by molar-refractivity contribution is -0.165. The van der Waals surface area contributed by atoms with E-state index in [0.717, 1.165) is 30.5 Å². The number of azo groups is 1. The maximum atomic E-state index is 12.6. The number of hydrogen-bond acceptors (Lipinski definition) is 6. The van der Waals surface area contributed by atoms with Crippen LogP contribution in [0.5, 0.6) is 5.75 Å². The zero-order chi connectivity index (χ0) is 22.1. The van der Waals surface area contributed by atoms with Gasteiger partial charge in [0.15, 0.2) is 0 Å². The average Bonchev–Trinajstić information content (AvgIpc) is 2.77. The van der Waals surface area contributed by atoms with Gasteiger partial charge in [0, 0.05) is 24.1 Å². The highest BCUT2D eigenvalue weighted by Crippen LogP contribution is 2.30. The summed E-state index contributed by atoms with van der Waals surface area (Å²) < 4.78 is 11.1. The van der Waals surface area contributed by atoms with E-state index in [1.54, 1.807) is 24.3 Å². The largest absolute Gasteiger partial charge is 0.454 e. The Balaban J connectivity index is 1.56. The van der Waals surface area contributed by atoms with Crippen LogP contribution < -0.4 is 10.1 Å². The molecule has 1 atom stereocenters. The first-order chi connectivity index (χ1) is 15.1. The van der Waals surface area contributed by atoms with Gasteiger partial charge in [-0.1, -0.05) is 26.0 Å². The molecule has 1 aliphatic heterocycles. The predicted octanol–water partition coefficient (Wildman–Crippen LogP) is 5.30. The topological polar surface area (TPSA) is 89.4 Å². The molecule has 3 rings (SSSR count). The molecule has 0 bridgehead atoms. The van der Waals surface area contributed by atoms with Gasteiger partial charge in [-0.25, -0.2) is 0 Å². The quantitative estimate of drug-likeness (QED) is 0.438. The fourth-order valence-corrected chi connectivity index (χ4v) is 3.20. The van der Waals surface area contributed by atoms with Crippen molar-refractivity contribution in [1.29, 1.82) is 0 Å². The van der Waals surface area contributed by atoms with Crippen LogP contribution in [0.15, 0.2) is 52.7 Å². The highest BCUT2D eigenvalue weighted by Gasteiger charge is 2.23. The summed E-state index contributed by atoms with van der Waals surface area (Å²) in [5.74, 6) is 0.261. The molecule has 7 heteroatoms. The van der Waals surface area contributed by atoms with Crippen molar-refractivity contribution in [3.05, 3.63) is 59.2 Å². The van der Waals surface area contributed by atoms with Gasteiger partial charge < -0.3 is 14.8 Å². The van der Waals surface area contributed by atoms with E-state index in [0.29, 0.717) is 42.8 Å². The third-order valence-electron chi connectivity index (χ3n) is 4.84. The first-order valence-corrected chi connectivity index (χ1v) is 10.8. The second-order valence-electron chi connectivity index (χ2n) is 7.46. The number of carbonyl (C=O) groups excluding carboxylic acids is 2. The summed E-state index contributed by atoms with van der Waals surface area (Å²) in [5, 5.41) is 11.1. The fraction of sp³-hybridized carbons (Fsp3) is 0.417. The maximum absolute atomic E-state index is 12.6. The summed E-state index contributed by atoms with van der Waals surface area (Å²) in [6.07, 6.45) is 2.87. The number of esters is 1. The Morgan fingerprint density at radius 1 is 1.10 bits per heavy atom. The van der Waals surface area contributed by atoms with E-state index in [4.69, 9.17) is 9.47 Å². The molecule has 2 aromatic carbocycles. The number of hydrogen-bond donors (Lipinski definition) is 1. The van der Waals surface area contributed by atoms with Crippen molar-refractivity contribution in [2.24, 2.45) is 10.2 Å². The van der Waals surface area contributed by atoms with E-state index in [1.807, 2.05) is 25.1 Å². The summed E-state index contributed by atoms with van der Waals surface area (Å²) >= 11 is 0. The molecule has 0 aromatic heterocycles. The third-order valence-corrected chi connectivity index (χ3v) is 4.84. The van der Waals surface area contributed by atoms with Gasteiger partial charge >= 0.3 is 5.97 Å². The average molecular weight is 424 g/mol. The van der Waals surface area contributed by atoms with Gasteiger partial charge in [0.2, 0.25) is 6.29 Å². The maximum Gasteiger partial charge on any atom is 0.308 e. The highest BCUT2D eigenvalue weighted by atomic mass is 16.7. The van der Waals surface area contributed by atoms with Crippen molar-refractivity contribution in [3.8, 4) is 5.75 Å². The van der Waals surface area contributed by atoms with Crippen LogP contribution in [0, 0.1) is 0 Å². The van der Waals surface area contributed by atoms with E-state index in [-0.39, 0.29) is 11.9 Å². The molecule has 0 saturated carbocycles. The van der Waals surface area contributed by atoms with Crippen LogP contribution in [0.1, 0.15) is 61.0 Å². The smallest absolute Gasteiger partial charge is 0.308 e. The van der Waals surface area contributed by atoms with Crippen LogP contribution in [0.2, 0.25) is 0 Å². The van der Waals surface area contributed by atoms with E-state index < -0.39 is 6.29 Å². The van der Waals surface area contributed by atoms with Crippen LogP contribution in [-0.2, 0) is 22.5 Å². The molecule has 1 heterocycles. The summed E-state index contributed by atoms with van der Waals surface area (Å²) in [6, 6.07) is 12.8. The van der Waals surface area contributed by atoms with Gasteiger partial charge in [0.05, 0.1) is 13.1 Å².